The lowest BCUT2D eigenvalue weighted by Crippen LogP contribution is -2.72. The lowest BCUT2D eigenvalue weighted by atomic mass is 9.98. The molecule has 0 spiro atoms. The molecule has 0 aliphatic carbocycles. The van der Waals surface area contributed by atoms with E-state index in [-0.39, 0.29) is 0 Å². The van der Waals surface area contributed by atoms with Gasteiger partial charge in [-0.1, -0.05) is 218 Å². The van der Waals surface area contributed by atoms with Gasteiger partial charge in [0.25, 0.3) is 0 Å². The van der Waals surface area contributed by atoms with Crippen LogP contribution in [0.4, 0.5) is 17.1 Å². The maximum absolute atomic E-state index is 2.59. The molecule has 1 aliphatic rings. The first kappa shape index (κ1) is 37.2. The van der Waals surface area contributed by atoms with Gasteiger partial charge in [0.05, 0.1) is 0 Å². The fourth-order valence-corrected chi connectivity index (χ4v) is 14.8. The summed E-state index contributed by atoms with van der Waals surface area (Å²) in [6.07, 6.45) is 0. The van der Waals surface area contributed by atoms with Crippen molar-refractivity contribution in [2.45, 2.75) is 0 Å². The van der Waals surface area contributed by atoms with E-state index in [1.54, 1.807) is 0 Å². The maximum Gasteiger partial charge on any atom is 0.180 e. The van der Waals surface area contributed by atoms with Gasteiger partial charge < -0.3 is 4.90 Å². The monoisotopic (exact) mass is 805 g/mol. The van der Waals surface area contributed by atoms with Crippen molar-refractivity contribution in [1.82, 2.24) is 0 Å². The number of benzene rings is 10. The van der Waals surface area contributed by atoms with Crippen LogP contribution < -0.4 is 25.6 Å². The summed E-state index contributed by atoms with van der Waals surface area (Å²) in [6, 6.07) is 95.9. The van der Waals surface area contributed by atoms with E-state index in [0.29, 0.717) is 0 Å². The van der Waals surface area contributed by atoms with E-state index in [1.807, 2.05) is 0 Å². The van der Waals surface area contributed by atoms with Crippen molar-refractivity contribution in [2.24, 2.45) is 0 Å². The quantitative estimate of drug-likeness (QED) is 0.131. The Morgan fingerprint density at radius 1 is 0.226 bits per heavy atom. The molecule has 10 aromatic rings. The average molecular weight is 806 g/mol. The van der Waals surface area contributed by atoms with Crippen LogP contribution in [0.15, 0.2) is 261 Å². The summed E-state index contributed by atoms with van der Waals surface area (Å²) in [6.45, 7) is 0. The first-order chi connectivity index (χ1) is 30.7. The minimum absolute atomic E-state index is 1.10. The van der Waals surface area contributed by atoms with Crippen molar-refractivity contribution < 1.29 is 0 Å². The minimum atomic E-state index is -2.59. The first-order valence-electron chi connectivity index (χ1n) is 21.4. The Morgan fingerprint density at radius 3 is 1.06 bits per heavy atom. The van der Waals surface area contributed by atoms with Crippen LogP contribution in [-0.2, 0) is 0 Å². The lowest BCUT2D eigenvalue weighted by Gasteiger charge is -2.31. The molecule has 1 heterocycles. The van der Waals surface area contributed by atoms with E-state index in [9.17, 15) is 0 Å². The molecule has 0 fully saturated rings. The third-order valence-electron chi connectivity index (χ3n) is 12.6. The van der Waals surface area contributed by atoms with Crippen molar-refractivity contribution in [3.05, 3.63) is 261 Å². The second-order valence-corrected chi connectivity index (χ2v) is 19.8. The molecule has 1 aliphatic heterocycles. The van der Waals surface area contributed by atoms with E-state index in [2.05, 4.69) is 266 Å². The van der Waals surface area contributed by atoms with Crippen molar-refractivity contribution in [1.29, 1.82) is 0 Å². The summed E-state index contributed by atoms with van der Waals surface area (Å²) in [5, 5.41) is 5.73. The maximum atomic E-state index is 2.50. The molecular weight excluding hydrogens is 763 g/mol. The minimum Gasteiger partial charge on any atom is -0.311 e. The topological polar surface area (TPSA) is 3.24 Å². The fourth-order valence-electron chi connectivity index (χ4n) is 9.62. The van der Waals surface area contributed by atoms with Crippen molar-refractivity contribution in [2.75, 3.05) is 4.90 Å². The molecule has 2 heteroatoms. The number of fused-ring (bicyclic) bond motifs is 3. The van der Waals surface area contributed by atoms with Gasteiger partial charge in [-0.15, -0.1) is 0 Å². The first-order valence-corrected chi connectivity index (χ1v) is 23.4. The third kappa shape index (κ3) is 6.59. The van der Waals surface area contributed by atoms with Gasteiger partial charge in [0, 0.05) is 17.1 Å². The second kappa shape index (κ2) is 16.0. The van der Waals surface area contributed by atoms with E-state index in [1.165, 1.54) is 76.4 Å². The summed E-state index contributed by atoms with van der Waals surface area (Å²) in [7, 11) is -2.59. The number of hydrogen-bond acceptors (Lipinski definition) is 1. The molecule has 0 unspecified atom stereocenters. The SMILES string of the molecule is c1ccc(-c2ccc(N(c3ccc(-c4cccc(-c5ccccc5)c4)cc3)c3ccc(-c4ccc5c(c4)[Si](c4ccccc4)(c4ccccc4)c4ccccc4-5)cc3)cc2)cc1. The van der Waals surface area contributed by atoms with Gasteiger partial charge in [0.15, 0.2) is 8.07 Å². The predicted octanol–water partition coefficient (Wildman–Crippen LogP) is 13.2. The van der Waals surface area contributed by atoms with Crippen LogP contribution >= 0.6 is 0 Å². The van der Waals surface area contributed by atoms with E-state index >= 15 is 0 Å². The molecule has 1 nitrogen and oxygen atoms in total. The molecular formula is C60H43NSi. The number of rotatable bonds is 9. The third-order valence-corrected chi connectivity index (χ3v) is 17.4. The zero-order valence-electron chi connectivity index (χ0n) is 34.3. The van der Waals surface area contributed by atoms with Crippen molar-refractivity contribution in [3.63, 3.8) is 0 Å². The van der Waals surface area contributed by atoms with Gasteiger partial charge in [0.1, 0.15) is 0 Å². The molecule has 0 N–H and O–H groups in total. The van der Waals surface area contributed by atoms with Gasteiger partial charge in [-0.3, -0.25) is 0 Å². The van der Waals surface area contributed by atoms with Crippen LogP contribution in [0.2, 0.25) is 0 Å². The summed E-state index contributed by atoms with van der Waals surface area (Å²) >= 11 is 0. The van der Waals surface area contributed by atoms with Gasteiger partial charge in [-0.05, 0) is 119 Å². The van der Waals surface area contributed by atoms with Crippen LogP contribution in [-0.4, -0.2) is 8.07 Å². The molecule has 0 saturated heterocycles. The summed E-state index contributed by atoms with van der Waals surface area (Å²) < 4.78 is 0. The number of anilines is 3. The highest BCUT2D eigenvalue weighted by molar-refractivity contribution is 7.22. The molecule has 0 aromatic heterocycles. The largest absolute Gasteiger partial charge is 0.311 e. The summed E-state index contributed by atoms with van der Waals surface area (Å²) in [5.74, 6) is 0. The summed E-state index contributed by atoms with van der Waals surface area (Å²) in [5.41, 5.74) is 15.7. The standard InChI is InChI=1S/C60H43NSi/c1-5-16-44(17-6-1)46-28-35-52(36-29-46)61(53-37-30-47(31-38-53)50-21-15-20-49(42-50)45-18-7-2-8-19-45)54-39-32-48(33-40-54)51-34-41-58-57-26-13-14-27-59(57)62(60(58)43-51,55-22-9-3-10-23-55)56-24-11-4-12-25-56/h1-43H. The van der Waals surface area contributed by atoms with E-state index < -0.39 is 8.07 Å². The Bertz CT molecular complexity index is 3090. The smallest absolute Gasteiger partial charge is 0.180 e. The predicted molar refractivity (Wildman–Crippen MR) is 265 cm³/mol. The Kier molecular flexibility index (Phi) is 9.61. The highest BCUT2D eigenvalue weighted by Crippen LogP contribution is 2.39. The average Bonchev–Trinajstić information content (AvgIpc) is 3.66. The zero-order valence-corrected chi connectivity index (χ0v) is 35.3. The number of hydrogen-bond donors (Lipinski definition) is 0. The highest BCUT2D eigenvalue weighted by atomic mass is 28.3. The summed E-state index contributed by atoms with van der Waals surface area (Å²) in [4.78, 5) is 2.37. The normalized spacial score (nSPS) is 12.3. The van der Waals surface area contributed by atoms with Gasteiger partial charge in [0.2, 0.25) is 0 Å². The molecule has 11 rings (SSSR count). The van der Waals surface area contributed by atoms with Gasteiger partial charge in [-0.25, -0.2) is 0 Å². The van der Waals surface area contributed by atoms with Crippen LogP contribution in [0, 0.1) is 0 Å². The van der Waals surface area contributed by atoms with Crippen LogP contribution in [0.25, 0.3) is 55.6 Å². The van der Waals surface area contributed by atoms with E-state index in [0.717, 1.165) is 17.1 Å². The van der Waals surface area contributed by atoms with Crippen LogP contribution in [0.3, 0.4) is 0 Å². The molecule has 62 heavy (non-hydrogen) atoms. The molecule has 0 radical (unpaired) electrons. The molecule has 10 aromatic carbocycles. The van der Waals surface area contributed by atoms with Crippen molar-refractivity contribution in [3.8, 4) is 55.6 Å². The van der Waals surface area contributed by atoms with E-state index in [4.69, 9.17) is 0 Å². The Morgan fingerprint density at radius 2 is 0.565 bits per heavy atom. The van der Waals surface area contributed by atoms with Crippen molar-refractivity contribution >= 4 is 45.9 Å². The van der Waals surface area contributed by atoms with Gasteiger partial charge in [-0.2, -0.15) is 0 Å². The van der Waals surface area contributed by atoms with Crippen LogP contribution in [0.5, 0.6) is 0 Å². The Hall–Kier alpha value is -7.78. The Labute approximate surface area is 365 Å². The molecule has 0 saturated carbocycles. The van der Waals surface area contributed by atoms with Gasteiger partial charge >= 0.3 is 0 Å². The molecule has 0 bridgehead atoms. The highest BCUT2D eigenvalue weighted by Gasteiger charge is 2.48. The van der Waals surface area contributed by atoms with Crippen LogP contribution in [0.1, 0.15) is 0 Å². The lowest BCUT2D eigenvalue weighted by molar-refractivity contribution is 1.28. The molecule has 292 valence electrons. The molecule has 0 atom stereocenters. The molecule has 0 amide bonds. The second-order valence-electron chi connectivity index (χ2n) is 16.1. The fraction of sp³-hybridized carbons (Fsp3) is 0. The Balaban J connectivity index is 0.986. The number of nitrogens with zero attached hydrogens (tertiary/aromatic N) is 1. The zero-order chi connectivity index (χ0) is 41.3.